The average Bonchev–Trinajstić information content (AvgIpc) is 2.62. The molecule has 0 saturated carbocycles. The molecule has 130 valence electrons. The minimum absolute atomic E-state index is 0.0627. The normalized spacial score (nSPS) is 12.8. The van der Waals surface area contributed by atoms with E-state index >= 15 is 0 Å². The smallest absolute Gasteiger partial charge is 0.198 e. The lowest BCUT2D eigenvalue weighted by Gasteiger charge is -2.21. The molecule has 2 aromatic carbocycles. The molecule has 4 nitrogen and oxygen atoms in total. The van der Waals surface area contributed by atoms with Crippen LogP contribution in [0.25, 0.3) is 0 Å². The number of hydrogen-bond acceptors (Lipinski definition) is 4. The third-order valence-corrected chi connectivity index (χ3v) is 4.78. The Labute approximate surface area is 147 Å². The first-order valence-electron chi connectivity index (χ1n) is 8.82. The second-order valence-electron chi connectivity index (χ2n) is 6.52. The van der Waals surface area contributed by atoms with E-state index in [0.717, 1.165) is 25.7 Å². The van der Waals surface area contributed by atoms with Gasteiger partial charge in [-0.2, -0.15) is 0 Å². The summed E-state index contributed by atoms with van der Waals surface area (Å²) in [6.07, 6.45) is 5.91. The van der Waals surface area contributed by atoms with Crippen molar-refractivity contribution >= 4 is 11.6 Å². The minimum Gasteiger partial charge on any atom is -0.507 e. The fourth-order valence-electron chi connectivity index (χ4n) is 3.42. The van der Waals surface area contributed by atoms with Crippen molar-refractivity contribution in [2.24, 2.45) is 0 Å². The van der Waals surface area contributed by atoms with Crippen LogP contribution in [0.5, 0.6) is 11.5 Å². The first kappa shape index (κ1) is 17.2. The standard InChI is InChI=1S/C21H22O4/c1-2-3-4-5-6-9-13-12-16(22)17-18(19(13)23)21(25)15-11-8-7-10-14(15)20(17)24/h7-8,10-12,22-23H,2-6,9H2,1H3. The molecule has 2 N–H and O–H groups in total. The van der Waals surface area contributed by atoms with Crippen molar-refractivity contribution in [3.8, 4) is 11.5 Å². The molecule has 4 heteroatoms. The Morgan fingerprint density at radius 1 is 0.840 bits per heavy atom. The highest BCUT2D eigenvalue weighted by Crippen LogP contribution is 2.40. The van der Waals surface area contributed by atoms with E-state index in [2.05, 4.69) is 6.92 Å². The molecule has 25 heavy (non-hydrogen) atoms. The van der Waals surface area contributed by atoms with Crippen molar-refractivity contribution < 1.29 is 19.8 Å². The van der Waals surface area contributed by atoms with Gasteiger partial charge in [0.15, 0.2) is 11.6 Å². The average molecular weight is 338 g/mol. The SMILES string of the molecule is CCCCCCCc1cc(O)c2c(c1O)C(=O)c1ccccc1C2=O. The van der Waals surface area contributed by atoms with Gasteiger partial charge in [0.1, 0.15) is 11.5 Å². The maximum Gasteiger partial charge on any atom is 0.198 e. The van der Waals surface area contributed by atoms with Crippen LogP contribution in [-0.2, 0) is 6.42 Å². The lowest BCUT2D eigenvalue weighted by molar-refractivity contribution is 0.0974. The van der Waals surface area contributed by atoms with E-state index in [-0.39, 0.29) is 33.8 Å². The Bertz CT molecular complexity index is 836. The zero-order valence-electron chi connectivity index (χ0n) is 14.3. The topological polar surface area (TPSA) is 74.6 Å². The fourth-order valence-corrected chi connectivity index (χ4v) is 3.42. The van der Waals surface area contributed by atoms with Gasteiger partial charge in [-0.15, -0.1) is 0 Å². The van der Waals surface area contributed by atoms with Crippen molar-refractivity contribution in [1.82, 2.24) is 0 Å². The van der Waals surface area contributed by atoms with Crippen LogP contribution >= 0.6 is 0 Å². The van der Waals surface area contributed by atoms with Crippen LogP contribution in [0.4, 0.5) is 0 Å². The summed E-state index contributed by atoms with van der Waals surface area (Å²) in [4.78, 5) is 25.4. The molecule has 1 aliphatic rings. The molecule has 0 aliphatic heterocycles. The molecule has 2 aromatic rings. The van der Waals surface area contributed by atoms with Gasteiger partial charge >= 0.3 is 0 Å². The Morgan fingerprint density at radius 2 is 1.44 bits per heavy atom. The summed E-state index contributed by atoms with van der Waals surface area (Å²) < 4.78 is 0. The van der Waals surface area contributed by atoms with Crippen LogP contribution in [-0.4, -0.2) is 21.8 Å². The van der Waals surface area contributed by atoms with E-state index in [1.807, 2.05) is 0 Å². The van der Waals surface area contributed by atoms with Crippen molar-refractivity contribution in [1.29, 1.82) is 0 Å². The highest BCUT2D eigenvalue weighted by molar-refractivity contribution is 6.30. The number of aromatic hydroxyl groups is 2. The maximum atomic E-state index is 12.8. The van der Waals surface area contributed by atoms with Gasteiger partial charge in [0, 0.05) is 11.1 Å². The van der Waals surface area contributed by atoms with Crippen molar-refractivity contribution in [3.05, 3.63) is 58.1 Å². The van der Waals surface area contributed by atoms with E-state index < -0.39 is 11.6 Å². The zero-order chi connectivity index (χ0) is 18.0. The molecule has 0 heterocycles. The van der Waals surface area contributed by atoms with Gasteiger partial charge in [0.2, 0.25) is 0 Å². The van der Waals surface area contributed by atoms with Gasteiger partial charge in [-0.1, -0.05) is 56.9 Å². The van der Waals surface area contributed by atoms with E-state index in [4.69, 9.17) is 0 Å². The number of fused-ring (bicyclic) bond motifs is 2. The molecule has 0 spiro atoms. The first-order chi connectivity index (χ1) is 12.1. The van der Waals surface area contributed by atoms with E-state index in [9.17, 15) is 19.8 Å². The van der Waals surface area contributed by atoms with Gasteiger partial charge in [0.05, 0.1) is 11.1 Å². The van der Waals surface area contributed by atoms with Crippen molar-refractivity contribution in [2.75, 3.05) is 0 Å². The lowest BCUT2D eigenvalue weighted by atomic mass is 9.81. The van der Waals surface area contributed by atoms with Crippen LogP contribution in [0.3, 0.4) is 0 Å². The zero-order valence-corrected chi connectivity index (χ0v) is 14.3. The summed E-state index contributed by atoms with van der Waals surface area (Å²) in [6.45, 7) is 2.15. The third kappa shape index (κ3) is 3.04. The number of ketones is 2. The number of aryl methyl sites for hydroxylation is 1. The van der Waals surface area contributed by atoms with Crippen LogP contribution in [0.15, 0.2) is 30.3 Å². The van der Waals surface area contributed by atoms with Gasteiger partial charge in [-0.3, -0.25) is 9.59 Å². The molecule has 0 atom stereocenters. The molecule has 0 amide bonds. The minimum atomic E-state index is -0.424. The molecular weight excluding hydrogens is 316 g/mol. The van der Waals surface area contributed by atoms with Crippen LogP contribution in [0.1, 0.15) is 76.4 Å². The van der Waals surface area contributed by atoms with Gasteiger partial charge in [0.25, 0.3) is 0 Å². The van der Waals surface area contributed by atoms with E-state index in [0.29, 0.717) is 12.0 Å². The Balaban J connectivity index is 1.96. The summed E-state index contributed by atoms with van der Waals surface area (Å²) in [5.74, 6) is -1.24. The number of unbranched alkanes of at least 4 members (excludes halogenated alkanes) is 4. The summed E-state index contributed by atoms with van der Waals surface area (Å²) in [6, 6.07) is 7.93. The van der Waals surface area contributed by atoms with Crippen LogP contribution in [0.2, 0.25) is 0 Å². The van der Waals surface area contributed by atoms with Crippen LogP contribution in [0, 0.1) is 0 Å². The predicted octanol–water partition coefficient (Wildman–Crippen LogP) is 4.39. The predicted molar refractivity (Wildman–Crippen MR) is 95.5 cm³/mol. The first-order valence-corrected chi connectivity index (χ1v) is 8.82. The number of rotatable bonds is 6. The summed E-state index contributed by atoms with van der Waals surface area (Å²) in [5, 5.41) is 20.9. The van der Waals surface area contributed by atoms with E-state index in [1.165, 1.54) is 12.5 Å². The number of carbonyl (C=O) groups excluding carboxylic acids is 2. The number of benzene rings is 2. The highest BCUT2D eigenvalue weighted by Gasteiger charge is 2.35. The number of phenolic OH excluding ortho intramolecular Hbond substituents is 2. The summed E-state index contributed by atoms with van der Waals surface area (Å²) >= 11 is 0. The molecule has 0 fully saturated rings. The molecule has 0 radical (unpaired) electrons. The summed E-state index contributed by atoms with van der Waals surface area (Å²) in [5.41, 5.74) is 0.910. The quantitative estimate of drug-likeness (QED) is 0.516. The fraction of sp³-hybridized carbons (Fsp3) is 0.333. The Hall–Kier alpha value is -2.62. The number of hydrogen-bond donors (Lipinski definition) is 2. The van der Waals surface area contributed by atoms with Gasteiger partial charge in [-0.25, -0.2) is 0 Å². The Kier molecular flexibility index (Phi) is 4.88. The highest BCUT2D eigenvalue weighted by atomic mass is 16.3. The second kappa shape index (κ2) is 7.09. The second-order valence-corrected chi connectivity index (χ2v) is 6.52. The number of phenols is 2. The maximum absolute atomic E-state index is 12.8. The summed E-state index contributed by atoms with van der Waals surface area (Å²) in [7, 11) is 0. The van der Waals surface area contributed by atoms with Crippen LogP contribution < -0.4 is 0 Å². The number of carbonyl (C=O) groups is 2. The molecule has 0 unspecified atom stereocenters. The molecule has 3 rings (SSSR count). The molecule has 1 aliphatic carbocycles. The van der Waals surface area contributed by atoms with Crippen molar-refractivity contribution in [3.63, 3.8) is 0 Å². The lowest BCUT2D eigenvalue weighted by Crippen LogP contribution is -2.21. The molecule has 0 aromatic heterocycles. The van der Waals surface area contributed by atoms with Crippen molar-refractivity contribution in [2.45, 2.75) is 45.4 Å². The monoisotopic (exact) mass is 338 g/mol. The molecular formula is C21H22O4. The third-order valence-electron chi connectivity index (χ3n) is 4.78. The molecule has 0 saturated heterocycles. The van der Waals surface area contributed by atoms with Gasteiger partial charge < -0.3 is 10.2 Å². The van der Waals surface area contributed by atoms with E-state index in [1.54, 1.807) is 24.3 Å². The van der Waals surface area contributed by atoms with Gasteiger partial charge in [-0.05, 0) is 24.5 Å². The Morgan fingerprint density at radius 3 is 2.08 bits per heavy atom. The largest absolute Gasteiger partial charge is 0.507 e. The molecule has 0 bridgehead atoms.